The van der Waals surface area contributed by atoms with E-state index in [2.05, 4.69) is 15.5 Å². The molecule has 2 aromatic carbocycles. The van der Waals surface area contributed by atoms with Crippen molar-refractivity contribution in [2.24, 2.45) is 0 Å². The number of hydrogen-bond donors (Lipinski definition) is 2. The molecule has 0 aliphatic carbocycles. The van der Waals surface area contributed by atoms with Gasteiger partial charge in [0.2, 0.25) is 0 Å². The topological polar surface area (TPSA) is 93.3 Å². The number of nitrogens with one attached hydrogen (secondary N) is 2. The molecular formula is C19H19N3O4. The Hall–Kier alpha value is -3.35. The Balaban J connectivity index is 1.92. The summed E-state index contributed by atoms with van der Waals surface area (Å²) in [5.74, 6) is 0.732. The van der Waals surface area contributed by atoms with E-state index in [-0.39, 0.29) is 11.3 Å². The number of aromatic nitrogens is 2. The number of ether oxygens (including phenoxy) is 2. The number of rotatable bonds is 6. The maximum Gasteiger partial charge on any atom is 0.276 e. The largest absolute Gasteiger partial charge is 0.490 e. The van der Waals surface area contributed by atoms with E-state index in [9.17, 15) is 9.59 Å². The highest BCUT2D eigenvalue weighted by Crippen LogP contribution is 2.31. The van der Waals surface area contributed by atoms with Crippen LogP contribution in [-0.4, -0.2) is 29.3 Å². The fraction of sp³-hybridized carbons (Fsp3) is 0.211. The lowest BCUT2D eigenvalue weighted by atomic mass is 10.1. The van der Waals surface area contributed by atoms with Gasteiger partial charge in [0, 0.05) is 17.1 Å². The van der Waals surface area contributed by atoms with Crippen molar-refractivity contribution >= 4 is 22.4 Å². The normalized spacial score (nSPS) is 10.5. The molecule has 0 spiro atoms. The second-order valence-electron chi connectivity index (χ2n) is 5.43. The van der Waals surface area contributed by atoms with Crippen LogP contribution >= 0.6 is 0 Å². The van der Waals surface area contributed by atoms with Crippen LogP contribution in [0, 0.1) is 0 Å². The average Bonchev–Trinajstić information content (AvgIpc) is 2.64. The molecule has 26 heavy (non-hydrogen) atoms. The van der Waals surface area contributed by atoms with E-state index in [1.165, 1.54) is 0 Å². The van der Waals surface area contributed by atoms with Gasteiger partial charge in [0.1, 0.15) is 0 Å². The summed E-state index contributed by atoms with van der Waals surface area (Å²) in [7, 11) is 0. The molecule has 3 rings (SSSR count). The van der Waals surface area contributed by atoms with E-state index in [4.69, 9.17) is 9.47 Å². The van der Waals surface area contributed by atoms with Gasteiger partial charge in [0.25, 0.3) is 11.5 Å². The molecule has 1 amide bonds. The minimum Gasteiger partial charge on any atom is -0.490 e. The highest BCUT2D eigenvalue weighted by Gasteiger charge is 2.15. The predicted octanol–water partition coefficient (Wildman–Crippen LogP) is 2.97. The summed E-state index contributed by atoms with van der Waals surface area (Å²) in [5.41, 5.74) is 0.350. The molecule has 0 radical (unpaired) electrons. The number of nitrogens with zero attached hydrogens (tertiary/aromatic N) is 1. The summed E-state index contributed by atoms with van der Waals surface area (Å²) in [6.07, 6.45) is 0. The van der Waals surface area contributed by atoms with Crippen LogP contribution in [0.2, 0.25) is 0 Å². The summed E-state index contributed by atoms with van der Waals surface area (Å²) in [6, 6.07) is 12.0. The van der Waals surface area contributed by atoms with Crippen LogP contribution in [0.4, 0.5) is 5.69 Å². The third kappa shape index (κ3) is 3.51. The molecule has 2 N–H and O–H groups in total. The molecular weight excluding hydrogens is 334 g/mol. The summed E-state index contributed by atoms with van der Waals surface area (Å²) >= 11 is 0. The number of hydrogen-bond acceptors (Lipinski definition) is 5. The van der Waals surface area contributed by atoms with Crippen molar-refractivity contribution in [3.63, 3.8) is 0 Å². The van der Waals surface area contributed by atoms with Crippen LogP contribution in [0.1, 0.15) is 24.3 Å². The number of carbonyl (C=O) groups excluding carboxylic acids is 1. The average molecular weight is 353 g/mol. The van der Waals surface area contributed by atoms with Crippen LogP contribution in [0.25, 0.3) is 10.8 Å². The smallest absolute Gasteiger partial charge is 0.276 e. The Kier molecular flexibility index (Phi) is 5.17. The minimum absolute atomic E-state index is 0.145. The second kappa shape index (κ2) is 7.69. The third-order valence-corrected chi connectivity index (χ3v) is 3.71. The van der Waals surface area contributed by atoms with Crippen molar-refractivity contribution in [3.05, 3.63) is 58.5 Å². The Labute approximate surface area is 150 Å². The first-order valence-corrected chi connectivity index (χ1v) is 8.32. The predicted molar refractivity (Wildman–Crippen MR) is 99.1 cm³/mol. The van der Waals surface area contributed by atoms with E-state index in [1.54, 1.807) is 42.5 Å². The molecule has 134 valence electrons. The van der Waals surface area contributed by atoms with Crippen molar-refractivity contribution in [2.45, 2.75) is 13.8 Å². The van der Waals surface area contributed by atoms with Crippen molar-refractivity contribution in [2.75, 3.05) is 18.5 Å². The first kappa shape index (κ1) is 17.5. The van der Waals surface area contributed by atoms with Crippen molar-refractivity contribution in [1.82, 2.24) is 10.2 Å². The van der Waals surface area contributed by atoms with Crippen LogP contribution in [0.5, 0.6) is 11.5 Å². The quantitative estimate of drug-likeness (QED) is 0.711. The van der Waals surface area contributed by atoms with Gasteiger partial charge >= 0.3 is 0 Å². The van der Waals surface area contributed by atoms with Gasteiger partial charge in [-0.3, -0.25) is 9.59 Å². The lowest BCUT2D eigenvalue weighted by Crippen LogP contribution is -2.19. The molecule has 3 aromatic rings. The highest BCUT2D eigenvalue weighted by atomic mass is 16.5. The Morgan fingerprint density at radius 3 is 2.46 bits per heavy atom. The van der Waals surface area contributed by atoms with Crippen molar-refractivity contribution < 1.29 is 14.3 Å². The number of amides is 1. The number of benzene rings is 2. The molecule has 0 fully saturated rings. The van der Waals surface area contributed by atoms with Gasteiger partial charge in [0.05, 0.1) is 18.6 Å². The van der Waals surface area contributed by atoms with Gasteiger partial charge in [0.15, 0.2) is 17.2 Å². The maximum atomic E-state index is 12.7. The molecule has 7 heteroatoms. The molecule has 0 saturated heterocycles. The van der Waals surface area contributed by atoms with E-state index >= 15 is 0 Å². The Morgan fingerprint density at radius 1 is 1.04 bits per heavy atom. The van der Waals surface area contributed by atoms with Crippen LogP contribution in [0.15, 0.2) is 47.3 Å². The van der Waals surface area contributed by atoms with E-state index in [1.807, 2.05) is 13.8 Å². The molecule has 0 bridgehead atoms. The fourth-order valence-corrected chi connectivity index (χ4v) is 2.61. The maximum absolute atomic E-state index is 12.7. The molecule has 7 nitrogen and oxygen atoms in total. The summed E-state index contributed by atoms with van der Waals surface area (Å²) in [5, 5.41) is 9.94. The molecule has 0 atom stereocenters. The van der Waals surface area contributed by atoms with E-state index < -0.39 is 5.91 Å². The van der Waals surface area contributed by atoms with Crippen molar-refractivity contribution in [1.29, 1.82) is 0 Å². The monoisotopic (exact) mass is 353 g/mol. The van der Waals surface area contributed by atoms with Crippen LogP contribution < -0.4 is 20.3 Å². The Bertz CT molecular complexity index is 997. The molecule has 0 aliphatic rings. The minimum atomic E-state index is -0.427. The summed E-state index contributed by atoms with van der Waals surface area (Å²) in [6.45, 7) is 4.75. The SMILES string of the molecule is CCOc1ccc(NC(=O)c2n[nH]c(=O)c3ccccc23)cc1OCC. The van der Waals surface area contributed by atoms with Crippen LogP contribution in [0.3, 0.4) is 0 Å². The number of anilines is 1. The zero-order valence-electron chi connectivity index (χ0n) is 14.5. The fourth-order valence-electron chi connectivity index (χ4n) is 2.61. The lowest BCUT2D eigenvalue weighted by Gasteiger charge is -2.13. The zero-order chi connectivity index (χ0) is 18.5. The number of H-pyrrole nitrogens is 1. The van der Waals surface area contributed by atoms with E-state index in [0.717, 1.165) is 0 Å². The van der Waals surface area contributed by atoms with Gasteiger partial charge in [-0.2, -0.15) is 5.10 Å². The molecule has 1 aromatic heterocycles. The second-order valence-corrected chi connectivity index (χ2v) is 5.43. The molecule has 0 saturated carbocycles. The molecule has 0 unspecified atom stereocenters. The lowest BCUT2D eigenvalue weighted by molar-refractivity contribution is 0.102. The number of carbonyl (C=O) groups is 1. The first-order chi connectivity index (χ1) is 12.6. The number of aromatic amines is 1. The van der Waals surface area contributed by atoms with Crippen LogP contribution in [-0.2, 0) is 0 Å². The summed E-state index contributed by atoms with van der Waals surface area (Å²) in [4.78, 5) is 24.5. The molecule has 0 aliphatic heterocycles. The number of fused-ring (bicyclic) bond motifs is 1. The standard InChI is InChI=1S/C19H19N3O4/c1-3-25-15-10-9-12(11-16(15)26-4-2)20-19(24)17-13-7-5-6-8-14(13)18(23)22-21-17/h5-11H,3-4H2,1-2H3,(H,20,24)(H,22,23). The summed E-state index contributed by atoms with van der Waals surface area (Å²) < 4.78 is 11.1. The Morgan fingerprint density at radius 2 is 1.73 bits per heavy atom. The van der Waals surface area contributed by atoms with Gasteiger partial charge in [-0.1, -0.05) is 18.2 Å². The third-order valence-electron chi connectivity index (χ3n) is 3.71. The van der Waals surface area contributed by atoms with E-state index in [0.29, 0.717) is 41.2 Å². The van der Waals surface area contributed by atoms with Gasteiger partial charge in [-0.25, -0.2) is 5.10 Å². The van der Waals surface area contributed by atoms with Crippen molar-refractivity contribution in [3.8, 4) is 11.5 Å². The zero-order valence-corrected chi connectivity index (χ0v) is 14.5. The van der Waals surface area contributed by atoms with Gasteiger partial charge in [-0.05, 0) is 32.0 Å². The van der Waals surface area contributed by atoms with Gasteiger partial charge in [-0.15, -0.1) is 0 Å². The highest BCUT2D eigenvalue weighted by molar-refractivity contribution is 6.11. The van der Waals surface area contributed by atoms with Gasteiger partial charge < -0.3 is 14.8 Å². The first-order valence-electron chi connectivity index (χ1n) is 8.32. The molecule has 1 heterocycles.